The minimum Gasteiger partial charge on any atom is -0.493 e. The lowest BCUT2D eigenvalue weighted by atomic mass is 10.1. The highest BCUT2D eigenvalue weighted by atomic mass is 79.9. The smallest absolute Gasteiger partial charge is 0.163 e. The first kappa shape index (κ1) is 11.4. The molecule has 0 radical (unpaired) electrons. The molecule has 1 rings (SSSR count). The van der Waals surface area contributed by atoms with Gasteiger partial charge in [-0.15, -0.1) is 0 Å². The van der Waals surface area contributed by atoms with Gasteiger partial charge in [0.2, 0.25) is 0 Å². The first-order valence-electron chi connectivity index (χ1n) is 4.63. The van der Waals surface area contributed by atoms with Crippen LogP contribution >= 0.6 is 15.9 Å². The standard InChI is InChI=1S/C11H15BrO2/c1-4-5-8-6-9(12)7-10(13-2)11(8)14-3/h6-7H,4-5H2,1-3H3. The molecule has 78 valence electrons. The predicted octanol–water partition coefficient (Wildman–Crippen LogP) is 3.42. The summed E-state index contributed by atoms with van der Waals surface area (Å²) in [6.07, 6.45) is 2.09. The van der Waals surface area contributed by atoms with Crippen LogP contribution in [0.4, 0.5) is 0 Å². The van der Waals surface area contributed by atoms with Crippen LogP contribution in [-0.2, 0) is 6.42 Å². The lowest BCUT2D eigenvalue weighted by Crippen LogP contribution is -1.96. The molecule has 0 unspecified atom stereocenters. The zero-order valence-electron chi connectivity index (χ0n) is 8.76. The molecule has 0 fully saturated rings. The van der Waals surface area contributed by atoms with E-state index in [4.69, 9.17) is 9.47 Å². The molecule has 0 N–H and O–H groups in total. The van der Waals surface area contributed by atoms with Crippen molar-refractivity contribution in [1.82, 2.24) is 0 Å². The van der Waals surface area contributed by atoms with E-state index in [1.54, 1.807) is 14.2 Å². The molecule has 2 nitrogen and oxygen atoms in total. The van der Waals surface area contributed by atoms with Gasteiger partial charge >= 0.3 is 0 Å². The Morgan fingerprint density at radius 1 is 1.21 bits per heavy atom. The molecule has 0 aliphatic carbocycles. The van der Waals surface area contributed by atoms with Gasteiger partial charge in [0.1, 0.15) is 0 Å². The van der Waals surface area contributed by atoms with Gasteiger partial charge in [-0.05, 0) is 24.1 Å². The van der Waals surface area contributed by atoms with E-state index in [1.165, 1.54) is 5.56 Å². The number of hydrogen-bond donors (Lipinski definition) is 0. The lowest BCUT2D eigenvalue weighted by Gasteiger charge is -2.12. The van der Waals surface area contributed by atoms with E-state index in [0.29, 0.717) is 0 Å². The van der Waals surface area contributed by atoms with Gasteiger partial charge in [-0.1, -0.05) is 29.3 Å². The van der Waals surface area contributed by atoms with Gasteiger partial charge in [0.15, 0.2) is 11.5 Å². The van der Waals surface area contributed by atoms with Gasteiger partial charge in [-0.25, -0.2) is 0 Å². The van der Waals surface area contributed by atoms with Gasteiger partial charge in [0, 0.05) is 4.47 Å². The highest BCUT2D eigenvalue weighted by molar-refractivity contribution is 9.10. The molecule has 3 heteroatoms. The molecular formula is C11H15BrO2. The van der Waals surface area contributed by atoms with Crippen LogP contribution < -0.4 is 9.47 Å². The minimum absolute atomic E-state index is 0.783. The molecule has 0 atom stereocenters. The Morgan fingerprint density at radius 2 is 1.93 bits per heavy atom. The van der Waals surface area contributed by atoms with Gasteiger partial charge in [0.05, 0.1) is 14.2 Å². The van der Waals surface area contributed by atoms with Gasteiger partial charge in [-0.2, -0.15) is 0 Å². The molecular weight excluding hydrogens is 244 g/mol. The average molecular weight is 259 g/mol. The molecule has 0 aliphatic rings. The average Bonchev–Trinajstić information content (AvgIpc) is 2.17. The maximum absolute atomic E-state index is 5.33. The number of ether oxygens (including phenoxy) is 2. The Balaban J connectivity index is 3.17. The van der Waals surface area contributed by atoms with E-state index >= 15 is 0 Å². The van der Waals surface area contributed by atoms with E-state index < -0.39 is 0 Å². The van der Waals surface area contributed by atoms with Gasteiger partial charge < -0.3 is 9.47 Å². The summed E-state index contributed by atoms with van der Waals surface area (Å²) in [5, 5.41) is 0. The first-order chi connectivity index (χ1) is 6.72. The van der Waals surface area contributed by atoms with Gasteiger partial charge in [0.25, 0.3) is 0 Å². The summed E-state index contributed by atoms with van der Waals surface area (Å²) in [5.74, 6) is 1.63. The fraction of sp³-hybridized carbons (Fsp3) is 0.455. The van der Waals surface area contributed by atoms with Crippen molar-refractivity contribution >= 4 is 15.9 Å². The van der Waals surface area contributed by atoms with Crippen LogP contribution in [0.15, 0.2) is 16.6 Å². The van der Waals surface area contributed by atoms with E-state index in [-0.39, 0.29) is 0 Å². The van der Waals surface area contributed by atoms with Gasteiger partial charge in [-0.3, -0.25) is 0 Å². The third kappa shape index (κ3) is 2.41. The van der Waals surface area contributed by atoms with Crippen LogP contribution in [0.25, 0.3) is 0 Å². The Bertz CT molecular complexity index is 310. The van der Waals surface area contributed by atoms with E-state index in [2.05, 4.69) is 28.9 Å². The van der Waals surface area contributed by atoms with Crippen LogP contribution in [0.2, 0.25) is 0 Å². The van der Waals surface area contributed by atoms with E-state index in [9.17, 15) is 0 Å². The van der Waals surface area contributed by atoms with Crippen molar-refractivity contribution in [2.75, 3.05) is 14.2 Å². The highest BCUT2D eigenvalue weighted by Crippen LogP contribution is 2.35. The zero-order valence-corrected chi connectivity index (χ0v) is 10.3. The maximum atomic E-state index is 5.33. The number of halogens is 1. The predicted molar refractivity (Wildman–Crippen MR) is 61.2 cm³/mol. The monoisotopic (exact) mass is 258 g/mol. The SMILES string of the molecule is CCCc1cc(Br)cc(OC)c1OC. The minimum atomic E-state index is 0.783. The summed E-state index contributed by atoms with van der Waals surface area (Å²) in [6.45, 7) is 2.15. The Hall–Kier alpha value is -0.700. The van der Waals surface area contributed by atoms with Crippen molar-refractivity contribution in [3.8, 4) is 11.5 Å². The Kier molecular flexibility index (Phi) is 4.26. The summed E-state index contributed by atoms with van der Waals surface area (Å²) < 4.78 is 11.6. The largest absolute Gasteiger partial charge is 0.493 e. The molecule has 1 aromatic rings. The second-order valence-electron chi connectivity index (χ2n) is 3.05. The number of aryl methyl sites for hydroxylation is 1. The number of benzene rings is 1. The fourth-order valence-electron chi connectivity index (χ4n) is 1.46. The first-order valence-corrected chi connectivity index (χ1v) is 5.42. The number of rotatable bonds is 4. The number of hydrogen-bond acceptors (Lipinski definition) is 2. The lowest BCUT2D eigenvalue weighted by molar-refractivity contribution is 0.351. The molecule has 0 heterocycles. The molecule has 0 aromatic heterocycles. The Morgan fingerprint density at radius 3 is 2.43 bits per heavy atom. The van der Waals surface area contributed by atoms with E-state index in [0.717, 1.165) is 28.8 Å². The third-order valence-electron chi connectivity index (χ3n) is 2.04. The normalized spacial score (nSPS) is 10.0. The number of methoxy groups -OCH3 is 2. The third-order valence-corrected chi connectivity index (χ3v) is 2.50. The van der Waals surface area contributed by atoms with Crippen molar-refractivity contribution in [3.05, 3.63) is 22.2 Å². The summed E-state index contributed by atoms with van der Waals surface area (Å²) >= 11 is 3.45. The quantitative estimate of drug-likeness (QED) is 0.824. The van der Waals surface area contributed by atoms with Crippen molar-refractivity contribution in [2.24, 2.45) is 0 Å². The molecule has 14 heavy (non-hydrogen) atoms. The molecule has 1 aromatic carbocycles. The summed E-state index contributed by atoms with van der Waals surface area (Å²) in [5.41, 5.74) is 1.18. The topological polar surface area (TPSA) is 18.5 Å². The second-order valence-corrected chi connectivity index (χ2v) is 3.97. The van der Waals surface area contributed by atoms with Crippen LogP contribution in [0.3, 0.4) is 0 Å². The van der Waals surface area contributed by atoms with Crippen LogP contribution in [-0.4, -0.2) is 14.2 Å². The molecule has 0 spiro atoms. The van der Waals surface area contributed by atoms with Crippen LogP contribution in [0.5, 0.6) is 11.5 Å². The van der Waals surface area contributed by atoms with Crippen molar-refractivity contribution in [3.63, 3.8) is 0 Å². The highest BCUT2D eigenvalue weighted by Gasteiger charge is 2.10. The second kappa shape index (κ2) is 5.25. The fourth-order valence-corrected chi connectivity index (χ4v) is 1.95. The molecule has 0 bridgehead atoms. The maximum Gasteiger partial charge on any atom is 0.163 e. The summed E-state index contributed by atoms with van der Waals surface area (Å²) in [7, 11) is 3.32. The summed E-state index contributed by atoms with van der Waals surface area (Å²) in [4.78, 5) is 0. The van der Waals surface area contributed by atoms with Crippen LogP contribution in [0.1, 0.15) is 18.9 Å². The van der Waals surface area contributed by atoms with E-state index in [1.807, 2.05) is 6.07 Å². The van der Waals surface area contributed by atoms with Crippen molar-refractivity contribution < 1.29 is 9.47 Å². The molecule has 0 aliphatic heterocycles. The zero-order chi connectivity index (χ0) is 10.6. The Labute approximate surface area is 93.4 Å². The molecule has 0 saturated carbocycles. The molecule has 0 saturated heterocycles. The molecule has 0 amide bonds. The van der Waals surface area contributed by atoms with Crippen LogP contribution in [0, 0.1) is 0 Å². The van der Waals surface area contributed by atoms with Crippen molar-refractivity contribution in [1.29, 1.82) is 0 Å². The summed E-state index contributed by atoms with van der Waals surface area (Å²) in [6, 6.07) is 3.99. The van der Waals surface area contributed by atoms with Crippen molar-refractivity contribution in [2.45, 2.75) is 19.8 Å².